The number of nitrogens with zero attached hydrogens (tertiary/aromatic N) is 4. The molecule has 3 heterocycles. The van der Waals surface area contributed by atoms with Crippen LogP contribution in [0.15, 0.2) is 42.9 Å². The van der Waals surface area contributed by atoms with Gasteiger partial charge in [-0.1, -0.05) is 18.2 Å². The molecule has 0 bridgehead atoms. The molecule has 44 heavy (non-hydrogen) atoms. The van der Waals surface area contributed by atoms with Gasteiger partial charge in [-0.25, -0.2) is 23.4 Å². The van der Waals surface area contributed by atoms with Crippen molar-refractivity contribution in [3.05, 3.63) is 48.5 Å². The number of nitrogens with one attached hydrogen (secondary N) is 2. The summed E-state index contributed by atoms with van der Waals surface area (Å²) >= 11 is 0. The number of benzene rings is 1. The predicted octanol–water partition coefficient (Wildman–Crippen LogP) is 2.27. The number of aromatic nitrogens is 4. The molecule has 2 aromatic heterocycles. The zero-order chi connectivity index (χ0) is 31.9. The fraction of sp³-hybridized carbons (Fsp3) is 0.519. The lowest BCUT2D eigenvalue weighted by Crippen LogP contribution is -2.41. The summed E-state index contributed by atoms with van der Waals surface area (Å²) in [6, 6.07) is 7.00. The van der Waals surface area contributed by atoms with Crippen LogP contribution in [0.5, 0.6) is 5.75 Å². The first-order valence-corrected chi connectivity index (χ1v) is 15.6. The van der Waals surface area contributed by atoms with Gasteiger partial charge >= 0.3 is 13.7 Å². The summed E-state index contributed by atoms with van der Waals surface area (Å²) in [5.41, 5.74) is 3.86. The Morgan fingerprint density at radius 2 is 2.02 bits per heavy atom. The SMILES string of the molecule is CCOC(=O)[C@H](CCCCNC(C)=O)NP(=O)(OC[C@H]1O[C@@H](c2cnc3c(N)ncnn23)[C@](C)(F)[C@@H]1O)Oc1ccccc1. The number of amides is 1. The Balaban J connectivity index is 1.53. The van der Waals surface area contributed by atoms with E-state index in [2.05, 4.69) is 25.5 Å². The molecule has 1 saturated heterocycles. The minimum atomic E-state index is -4.38. The summed E-state index contributed by atoms with van der Waals surface area (Å²) in [5, 5.41) is 20.3. The number of hydrogen-bond donors (Lipinski definition) is 4. The van der Waals surface area contributed by atoms with Gasteiger partial charge in [0.2, 0.25) is 5.91 Å². The molecule has 0 spiro atoms. The highest BCUT2D eigenvalue weighted by atomic mass is 31.2. The molecule has 3 aromatic rings. The lowest BCUT2D eigenvalue weighted by molar-refractivity contribution is -0.145. The molecular formula is C27H37FN7O8P. The van der Waals surface area contributed by atoms with E-state index >= 15 is 4.39 Å². The van der Waals surface area contributed by atoms with E-state index in [4.69, 9.17) is 24.3 Å². The number of rotatable bonds is 15. The van der Waals surface area contributed by atoms with E-state index in [-0.39, 0.29) is 41.8 Å². The lowest BCUT2D eigenvalue weighted by Gasteiger charge is -2.26. The van der Waals surface area contributed by atoms with E-state index < -0.39 is 50.3 Å². The topological polar surface area (TPSA) is 202 Å². The number of esters is 1. The Hall–Kier alpha value is -3.69. The van der Waals surface area contributed by atoms with E-state index in [1.165, 1.54) is 24.0 Å². The third kappa shape index (κ3) is 7.87. The van der Waals surface area contributed by atoms with Gasteiger partial charge in [-0.05, 0) is 45.2 Å². The van der Waals surface area contributed by atoms with Gasteiger partial charge in [0.1, 0.15) is 36.4 Å². The third-order valence-electron chi connectivity index (χ3n) is 6.94. The predicted molar refractivity (Wildman–Crippen MR) is 155 cm³/mol. The second-order valence-corrected chi connectivity index (χ2v) is 12.0. The maximum absolute atomic E-state index is 16.0. The first kappa shape index (κ1) is 33.2. The van der Waals surface area contributed by atoms with Gasteiger partial charge in [0.25, 0.3) is 0 Å². The van der Waals surface area contributed by atoms with Gasteiger partial charge in [-0.15, -0.1) is 0 Å². The van der Waals surface area contributed by atoms with Crippen LogP contribution in [0.1, 0.15) is 51.8 Å². The highest BCUT2D eigenvalue weighted by Gasteiger charge is 2.56. The van der Waals surface area contributed by atoms with Crippen LogP contribution in [-0.4, -0.2) is 80.2 Å². The number of aliphatic hydroxyl groups excluding tert-OH is 1. The van der Waals surface area contributed by atoms with Crippen LogP contribution in [0.2, 0.25) is 0 Å². The molecule has 0 aliphatic carbocycles. The average molecular weight is 638 g/mol. The number of alkyl halides is 1. The van der Waals surface area contributed by atoms with Crippen LogP contribution in [0.3, 0.4) is 0 Å². The number of imidazole rings is 1. The summed E-state index contributed by atoms with van der Waals surface area (Å²) in [6.07, 6.45) is -0.714. The highest BCUT2D eigenvalue weighted by Crippen LogP contribution is 2.49. The number of hydrogen-bond acceptors (Lipinski definition) is 12. The number of fused-ring (bicyclic) bond motifs is 1. The van der Waals surface area contributed by atoms with Gasteiger partial charge in [-0.3, -0.25) is 14.1 Å². The molecule has 1 aromatic carbocycles. The summed E-state index contributed by atoms with van der Waals surface area (Å²) in [7, 11) is -4.38. The van der Waals surface area contributed by atoms with Crippen LogP contribution in [0.25, 0.3) is 5.65 Å². The Morgan fingerprint density at radius 3 is 2.73 bits per heavy atom. The van der Waals surface area contributed by atoms with Crippen molar-refractivity contribution in [3.63, 3.8) is 0 Å². The number of nitrogen functional groups attached to an aromatic ring is 1. The number of halogens is 1. The Morgan fingerprint density at radius 1 is 1.27 bits per heavy atom. The number of unbranched alkanes of at least 4 members (excludes halogenated alkanes) is 1. The lowest BCUT2D eigenvalue weighted by atomic mass is 9.93. The molecule has 1 fully saturated rings. The molecule has 1 aliphatic rings. The van der Waals surface area contributed by atoms with E-state index in [0.29, 0.717) is 19.4 Å². The number of carbonyl (C=O) groups is 2. The van der Waals surface area contributed by atoms with Crippen molar-refractivity contribution in [2.45, 2.75) is 70.1 Å². The maximum Gasteiger partial charge on any atom is 0.459 e. The van der Waals surface area contributed by atoms with E-state index in [1.54, 1.807) is 37.3 Å². The van der Waals surface area contributed by atoms with Crippen molar-refractivity contribution in [1.82, 2.24) is 30.0 Å². The third-order valence-corrected chi connectivity index (χ3v) is 8.50. The summed E-state index contributed by atoms with van der Waals surface area (Å²) in [4.78, 5) is 32.0. The fourth-order valence-corrected chi connectivity index (χ4v) is 6.25. The summed E-state index contributed by atoms with van der Waals surface area (Å²) < 4.78 is 53.9. The van der Waals surface area contributed by atoms with Gasteiger partial charge in [0.05, 0.1) is 25.1 Å². The second-order valence-electron chi connectivity index (χ2n) is 10.3. The fourth-order valence-electron chi connectivity index (χ4n) is 4.71. The zero-order valence-electron chi connectivity index (χ0n) is 24.6. The van der Waals surface area contributed by atoms with E-state index in [0.717, 1.165) is 6.92 Å². The molecule has 5 N–H and O–H groups in total. The van der Waals surface area contributed by atoms with Crippen molar-refractivity contribution >= 4 is 31.1 Å². The van der Waals surface area contributed by atoms with Crippen LogP contribution in [0.4, 0.5) is 10.2 Å². The smallest absolute Gasteiger partial charge is 0.459 e. The number of anilines is 1. The van der Waals surface area contributed by atoms with E-state index in [1.807, 2.05) is 0 Å². The molecule has 1 aliphatic heterocycles. The number of ether oxygens (including phenoxy) is 2. The first-order chi connectivity index (χ1) is 20.9. The van der Waals surface area contributed by atoms with Gasteiger partial charge in [0.15, 0.2) is 17.1 Å². The quantitative estimate of drug-likeness (QED) is 0.107. The Labute approximate surface area is 253 Å². The maximum atomic E-state index is 16.0. The summed E-state index contributed by atoms with van der Waals surface area (Å²) in [6.45, 7) is 4.08. The molecule has 1 amide bonds. The minimum Gasteiger partial charge on any atom is -0.465 e. The molecular weight excluding hydrogens is 600 g/mol. The van der Waals surface area contributed by atoms with Crippen molar-refractivity contribution in [2.75, 3.05) is 25.5 Å². The summed E-state index contributed by atoms with van der Waals surface area (Å²) in [5.74, 6) is -0.627. The molecule has 17 heteroatoms. The molecule has 6 atom stereocenters. The van der Waals surface area contributed by atoms with E-state index in [9.17, 15) is 19.3 Å². The van der Waals surface area contributed by atoms with Crippen LogP contribution >= 0.6 is 7.75 Å². The minimum absolute atomic E-state index is 0.0709. The van der Waals surface area contributed by atoms with Crippen molar-refractivity contribution in [2.24, 2.45) is 0 Å². The standard InChI is InChI=1S/C27H37FN7O8P/c1-4-40-26(38)19(12-8-9-13-30-17(2)36)34-44(39,43-18-10-6-5-7-11-18)41-15-21-22(37)27(3,28)23(42-21)20-14-31-25-24(29)32-16-33-35(20)25/h5-7,10-11,14,16,19,21-23,37H,4,8-9,12-13,15H2,1-3H3,(H,30,36)(H,34,39)(H2,29,32,33)/t19-,21+,22+,23-,27+,44?/m0/s1. The Bertz CT molecular complexity index is 1480. The Kier molecular flexibility index (Phi) is 10.9. The normalized spacial score (nSPS) is 23.6. The molecule has 240 valence electrons. The number of aliphatic hydroxyl groups is 1. The first-order valence-electron chi connectivity index (χ1n) is 14.1. The van der Waals surface area contributed by atoms with Crippen LogP contribution in [0, 0.1) is 0 Å². The van der Waals surface area contributed by atoms with Crippen molar-refractivity contribution in [3.8, 4) is 5.75 Å². The van der Waals surface area contributed by atoms with Gasteiger partial charge in [-0.2, -0.15) is 10.2 Å². The molecule has 15 nitrogen and oxygen atoms in total. The molecule has 4 rings (SSSR count). The van der Waals surface area contributed by atoms with Crippen molar-refractivity contribution in [1.29, 1.82) is 0 Å². The van der Waals surface area contributed by atoms with Gasteiger partial charge in [0, 0.05) is 13.5 Å². The molecule has 0 saturated carbocycles. The van der Waals surface area contributed by atoms with Crippen molar-refractivity contribution < 1.29 is 42.2 Å². The largest absolute Gasteiger partial charge is 0.465 e. The molecule has 0 radical (unpaired) electrons. The second kappa shape index (κ2) is 14.4. The highest BCUT2D eigenvalue weighted by molar-refractivity contribution is 7.52. The zero-order valence-corrected chi connectivity index (χ0v) is 25.5. The number of carbonyl (C=O) groups excluding carboxylic acids is 2. The van der Waals surface area contributed by atoms with Crippen LogP contribution < -0.4 is 20.7 Å². The average Bonchev–Trinajstić information content (AvgIpc) is 3.50. The van der Waals surface area contributed by atoms with Crippen LogP contribution in [-0.2, 0) is 28.2 Å². The molecule has 1 unspecified atom stereocenters. The number of para-hydroxylation sites is 1. The monoisotopic (exact) mass is 637 g/mol. The number of nitrogens with two attached hydrogens (primary N) is 1. The van der Waals surface area contributed by atoms with Gasteiger partial charge < -0.3 is 30.2 Å².